The number of nitrogens with one attached hydrogen (secondary N) is 1. The molecule has 0 bridgehead atoms. The molecule has 122 valence electrons. The molecule has 1 heterocycles. The van der Waals surface area contributed by atoms with Crippen molar-refractivity contribution in [1.29, 1.82) is 0 Å². The number of rotatable bonds is 5. The minimum atomic E-state index is -4.41. The van der Waals surface area contributed by atoms with E-state index in [2.05, 4.69) is 10.4 Å². The molecule has 1 aromatic rings. The molecule has 0 aromatic carbocycles. The molecule has 1 aromatic heterocycles. The fraction of sp³-hybridized carbons (Fsp3) is 0.733. The summed E-state index contributed by atoms with van der Waals surface area (Å²) in [5.74, 6) is 0.286. The number of hydrogen-bond acceptors (Lipinski definition) is 2. The maximum atomic E-state index is 12.8. The first-order chi connectivity index (χ1) is 10.4. The molecule has 1 N–H and O–H groups in total. The highest BCUT2D eigenvalue weighted by Crippen LogP contribution is 2.42. The topological polar surface area (TPSA) is 46.9 Å². The van der Waals surface area contributed by atoms with Crippen LogP contribution in [0.1, 0.15) is 55.8 Å². The molecule has 7 heteroatoms. The van der Waals surface area contributed by atoms with E-state index in [1.807, 2.05) is 0 Å². The lowest BCUT2D eigenvalue weighted by atomic mass is 10.1. The Morgan fingerprint density at radius 2 is 1.95 bits per heavy atom. The van der Waals surface area contributed by atoms with Crippen LogP contribution in [0.25, 0.3) is 0 Å². The Morgan fingerprint density at radius 1 is 1.27 bits per heavy atom. The molecule has 0 atom stereocenters. The van der Waals surface area contributed by atoms with Crippen molar-refractivity contribution in [3.8, 4) is 0 Å². The molecule has 4 nitrogen and oxygen atoms in total. The van der Waals surface area contributed by atoms with Crippen molar-refractivity contribution < 1.29 is 18.0 Å². The van der Waals surface area contributed by atoms with E-state index in [-0.39, 0.29) is 17.7 Å². The normalized spacial score (nSPS) is 19.6. The zero-order valence-corrected chi connectivity index (χ0v) is 12.3. The third-order valence-electron chi connectivity index (χ3n) is 4.45. The molecule has 2 fully saturated rings. The van der Waals surface area contributed by atoms with Gasteiger partial charge in [-0.1, -0.05) is 12.8 Å². The molecule has 2 saturated carbocycles. The van der Waals surface area contributed by atoms with Crippen molar-refractivity contribution in [2.75, 3.05) is 6.54 Å². The van der Waals surface area contributed by atoms with Crippen LogP contribution < -0.4 is 5.32 Å². The quantitative estimate of drug-likeness (QED) is 0.907. The lowest BCUT2D eigenvalue weighted by molar-refractivity contribution is -0.141. The summed E-state index contributed by atoms with van der Waals surface area (Å²) in [5, 5.41) is 6.50. The number of carbonyl (C=O) groups excluding carboxylic acids is 1. The highest BCUT2D eigenvalue weighted by molar-refractivity contribution is 5.78. The summed E-state index contributed by atoms with van der Waals surface area (Å²) in [6.45, 7) is 0.619. The van der Waals surface area contributed by atoms with Crippen molar-refractivity contribution in [3.63, 3.8) is 0 Å². The Hall–Kier alpha value is -1.53. The minimum Gasteiger partial charge on any atom is -0.354 e. The van der Waals surface area contributed by atoms with Crippen LogP contribution in [0.5, 0.6) is 0 Å². The van der Waals surface area contributed by atoms with Crippen molar-refractivity contribution in [2.24, 2.45) is 5.92 Å². The smallest absolute Gasteiger partial charge is 0.354 e. The maximum Gasteiger partial charge on any atom is 0.435 e. The summed E-state index contributed by atoms with van der Waals surface area (Å²) >= 11 is 0. The molecule has 0 aliphatic heterocycles. The van der Waals surface area contributed by atoms with Crippen LogP contribution in [-0.2, 0) is 17.5 Å². The van der Waals surface area contributed by atoms with Gasteiger partial charge in [0, 0.05) is 24.1 Å². The maximum absolute atomic E-state index is 12.8. The van der Waals surface area contributed by atoms with Gasteiger partial charge >= 0.3 is 6.18 Å². The number of nitrogens with zero attached hydrogens (tertiary/aromatic N) is 2. The molecule has 1 amide bonds. The van der Waals surface area contributed by atoms with Gasteiger partial charge in [0.2, 0.25) is 5.91 Å². The molecular weight excluding hydrogens is 295 g/mol. The van der Waals surface area contributed by atoms with Gasteiger partial charge in [0.25, 0.3) is 0 Å². The monoisotopic (exact) mass is 315 g/mol. The third-order valence-corrected chi connectivity index (χ3v) is 4.45. The average Bonchev–Trinajstić information content (AvgIpc) is 2.99. The van der Waals surface area contributed by atoms with Gasteiger partial charge in [-0.2, -0.15) is 18.3 Å². The van der Waals surface area contributed by atoms with E-state index < -0.39 is 11.9 Å². The molecule has 0 unspecified atom stereocenters. The zero-order chi connectivity index (χ0) is 15.7. The number of hydrogen-bond donors (Lipinski definition) is 1. The number of halogens is 3. The predicted molar refractivity (Wildman–Crippen MR) is 74.2 cm³/mol. The van der Waals surface area contributed by atoms with E-state index in [9.17, 15) is 18.0 Å². The lowest BCUT2D eigenvalue weighted by Crippen LogP contribution is -2.32. The second-order valence-corrected chi connectivity index (χ2v) is 6.22. The van der Waals surface area contributed by atoms with Gasteiger partial charge in [-0.3, -0.25) is 9.48 Å². The van der Waals surface area contributed by atoms with Gasteiger partial charge in [-0.25, -0.2) is 0 Å². The summed E-state index contributed by atoms with van der Waals surface area (Å²) in [6, 6.07) is 1.15. The summed E-state index contributed by atoms with van der Waals surface area (Å²) in [5.41, 5.74) is -0.195. The Morgan fingerprint density at radius 3 is 2.55 bits per heavy atom. The largest absolute Gasteiger partial charge is 0.435 e. The van der Waals surface area contributed by atoms with Crippen molar-refractivity contribution in [1.82, 2.24) is 15.1 Å². The van der Waals surface area contributed by atoms with E-state index in [0.717, 1.165) is 44.6 Å². The zero-order valence-electron chi connectivity index (χ0n) is 12.3. The Kier molecular flexibility index (Phi) is 4.14. The van der Waals surface area contributed by atoms with Crippen LogP contribution in [0, 0.1) is 5.92 Å². The molecule has 2 aliphatic carbocycles. The highest BCUT2D eigenvalue weighted by Gasteiger charge is 2.37. The van der Waals surface area contributed by atoms with Crippen LogP contribution in [-0.4, -0.2) is 22.2 Å². The molecular formula is C15H20F3N3O. The Balaban J connectivity index is 1.59. The second-order valence-electron chi connectivity index (χ2n) is 6.22. The average molecular weight is 315 g/mol. The first-order valence-corrected chi connectivity index (χ1v) is 7.88. The van der Waals surface area contributed by atoms with Crippen molar-refractivity contribution in [2.45, 2.75) is 57.2 Å². The molecule has 0 saturated heterocycles. The van der Waals surface area contributed by atoms with E-state index in [1.54, 1.807) is 0 Å². The predicted octanol–water partition coefficient (Wildman–Crippen LogP) is 3.09. The number of amides is 1. The van der Waals surface area contributed by atoms with Crippen LogP contribution in [0.15, 0.2) is 6.07 Å². The molecule has 22 heavy (non-hydrogen) atoms. The van der Waals surface area contributed by atoms with Crippen LogP contribution in [0.2, 0.25) is 0 Å². The van der Waals surface area contributed by atoms with E-state index >= 15 is 0 Å². The van der Waals surface area contributed by atoms with Gasteiger partial charge in [0.1, 0.15) is 0 Å². The summed E-state index contributed by atoms with van der Waals surface area (Å²) in [7, 11) is 0. The highest BCUT2D eigenvalue weighted by atomic mass is 19.4. The lowest BCUT2D eigenvalue weighted by Gasteiger charge is -2.11. The van der Waals surface area contributed by atoms with Crippen molar-refractivity contribution in [3.05, 3.63) is 17.5 Å². The van der Waals surface area contributed by atoms with Crippen molar-refractivity contribution >= 4 is 5.91 Å². The standard InChI is InChI=1S/C15H20F3N3O/c16-15(17,18)13-9-12(10-5-6-10)21(20-13)8-7-19-14(22)11-3-1-2-4-11/h9-11H,1-8H2,(H,19,22). The van der Waals surface area contributed by atoms with Gasteiger partial charge in [-0.15, -0.1) is 0 Å². The first-order valence-electron chi connectivity index (χ1n) is 7.88. The van der Waals surface area contributed by atoms with E-state index in [4.69, 9.17) is 0 Å². The van der Waals surface area contributed by atoms with Crippen LogP contribution in [0.3, 0.4) is 0 Å². The summed E-state index contributed by atoms with van der Waals surface area (Å²) in [4.78, 5) is 11.9. The fourth-order valence-corrected chi connectivity index (χ4v) is 3.07. The molecule has 2 aliphatic rings. The summed E-state index contributed by atoms with van der Waals surface area (Å²) < 4.78 is 39.7. The SMILES string of the molecule is O=C(NCCn1nc(C(F)(F)F)cc1C1CC1)C1CCCC1. The van der Waals surface area contributed by atoms with Gasteiger partial charge in [-0.05, 0) is 31.7 Å². The Labute approximate surface area is 127 Å². The summed E-state index contributed by atoms with van der Waals surface area (Å²) in [6.07, 6.45) is 1.41. The number of alkyl halides is 3. The first kappa shape index (κ1) is 15.4. The van der Waals surface area contributed by atoms with Gasteiger partial charge in [0.05, 0.1) is 6.54 Å². The van der Waals surface area contributed by atoms with Gasteiger partial charge in [0.15, 0.2) is 5.69 Å². The second kappa shape index (κ2) is 5.93. The number of aromatic nitrogens is 2. The Bertz CT molecular complexity index is 543. The van der Waals surface area contributed by atoms with E-state index in [0.29, 0.717) is 18.8 Å². The minimum absolute atomic E-state index is 0.0219. The molecule has 0 spiro atoms. The van der Waals surface area contributed by atoms with Crippen LogP contribution >= 0.6 is 0 Å². The number of carbonyl (C=O) groups is 1. The van der Waals surface area contributed by atoms with Gasteiger partial charge < -0.3 is 5.32 Å². The van der Waals surface area contributed by atoms with Crippen LogP contribution in [0.4, 0.5) is 13.2 Å². The van der Waals surface area contributed by atoms with E-state index in [1.165, 1.54) is 4.68 Å². The molecule has 0 radical (unpaired) electrons. The molecule has 3 rings (SSSR count). The fourth-order valence-electron chi connectivity index (χ4n) is 3.07. The third kappa shape index (κ3) is 3.44.